The van der Waals surface area contributed by atoms with Crippen LogP contribution in [0.3, 0.4) is 0 Å². The normalized spacial score (nSPS) is 25.4. The fraction of sp³-hybridized carbons (Fsp3) is 0.350. The van der Waals surface area contributed by atoms with Crippen molar-refractivity contribution < 1.29 is 50.0 Å². The standard InChI is InChI=1S/C20H22O10/c1-29-14-5-10-7-19(27,8-21)20(28,18(25)26)16(11(10)6-12(14)22)9-3-13(23)17(24)15(4-9)30-2/h3-6,16,21-24,27-28H,7-8H2,1-2H3,(H,25,26)/t16-,19-,20-/m1/s1. The number of benzene rings is 2. The summed E-state index contributed by atoms with van der Waals surface area (Å²) < 4.78 is 10.1. The SMILES string of the molecule is COc1cc2c(cc1O)[C@@H](c1cc(O)c(O)c(OC)c1)[C@@](O)(C(=O)O)[C@](O)(CO)C2. The van der Waals surface area contributed by atoms with E-state index >= 15 is 0 Å². The Labute approximate surface area is 170 Å². The molecule has 3 atom stereocenters. The van der Waals surface area contributed by atoms with Gasteiger partial charge in [-0.1, -0.05) is 0 Å². The Kier molecular flexibility index (Phi) is 5.19. The molecule has 0 aromatic heterocycles. The zero-order chi connectivity index (χ0) is 22.4. The van der Waals surface area contributed by atoms with Gasteiger partial charge in [0.2, 0.25) is 11.4 Å². The molecule has 7 N–H and O–H groups in total. The van der Waals surface area contributed by atoms with E-state index in [2.05, 4.69) is 0 Å². The van der Waals surface area contributed by atoms with Crippen molar-refractivity contribution in [1.29, 1.82) is 0 Å². The number of carboxylic acids is 1. The van der Waals surface area contributed by atoms with E-state index in [0.717, 1.165) is 6.07 Å². The third-order valence-corrected chi connectivity index (χ3v) is 5.58. The Balaban J connectivity index is 2.41. The van der Waals surface area contributed by atoms with Gasteiger partial charge in [-0.05, 0) is 41.0 Å². The monoisotopic (exact) mass is 422 g/mol. The molecule has 162 valence electrons. The molecule has 0 saturated heterocycles. The average Bonchev–Trinajstić information content (AvgIpc) is 2.71. The smallest absolute Gasteiger partial charge is 0.339 e. The summed E-state index contributed by atoms with van der Waals surface area (Å²) in [5, 5.41) is 72.2. The van der Waals surface area contributed by atoms with Gasteiger partial charge in [-0.15, -0.1) is 0 Å². The Bertz CT molecular complexity index is 1000. The number of fused-ring (bicyclic) bond motifs is 1. The van der Waals surface area contributed by atoms with Gasteiger partial charge in [0.05, 0.1) is 26.7 Å². The third kappa shape index (κ3) is 2.88. The number of aliphatic hydroxyl groups is 3. The summed E-state index contributed by atoms with van der Waals surface area (Å²) in [5.74, 6) is -5.20. The van der Waals surface area contributed by atoms with Gasteiger partial charge in [0.1, 0.15) is 5.60 Å². The van der Waals surface area contributed by atoms with Crippen molar-refractivity contribution in [2.45, 2.75) is 23.5 Å². The number of rotatable bonds is 5. The predicted molar refractivity (Wildman–Crippen MR) is 101 cm³/mol. The van der Waals surface area contributed by atoms with Crippen LogP contribution < -0.4 is 9.47 Å². The van der Waals surface area contributed by atoms with E-state index in [1.807, 2.05) is 0 Å². The number of hydrogen-bond donors (Lipinski definition) is 7. The number of hydrogen-bond acceptors (Lipinski definition) is 9. The molecule has 0 saturated carbocycles. The van der Waals surface area contributed by atoms with E-state index in [1.165, 1.54) is 32.4 Å². The molecule has 10 heteroatoms. The van der Waals surface area contributed by atoms with Crippen molar-refractivity contribution in [3.05, 3.63) is 41.0 Å². The van der Waals surface area contributed by atoms with Crippen molar-refractivity contribution in [2.24, 2.45) is 0 Å². The van der Waals surface area contributed by atoms with E-state index in [-0.39, 0.29) is 28.4 Å². The number of phenolic OH excluding ortho intramolecular Hbond substituents is 3. The van der Waals surface area contributed by atoms with Gasteiger partial charge in [0.15, 0.2) is 23.0 Å². The average molecular weight is 422 g/mol. The first kappa shape index (κ1) is 21.5. The Morgan fingerprint density at radius 3 is 2.20 bits per heavy atom. The maximum absolute atomic E-state index is 12.2. The van der Waals surface area contributed by atoms with Gasteiger partial charge in [0, 0.05) is 6.42 Å². The summed E-state index contributed by atoms with van der Waals surface area (Å²) in [7, 11) is 2.51. The van der Waals surface area contributed by atoms with E-state index < -0.39 is 47.6 Å². The van der Waals surface area contributed by atoms with Crippen LogP contribution in [0.25, 0.3) is 0 Å². The van der Waals surface area contributed by atoms with Crippen LogP contribution in [0.5, 0.6) is 28.7 Å². The second-order valence-electron chi connectivity index (χ2n) is 7.18. The molecular formula is C20H22O10. The zero-order valence-electron chi connectivity index (χ0n) is 16.2. The van der Waals surface area contributed by atoms with Crippen molar-refractivity contribution in [3.8, 4) is 28.7 Å². The summed E-state index contributed by atoms with van der Waals surface area (Å²) in [6.45, 7) is -1.10. The van der Waals surface area contributed by atoms with Crippen molar-refractivity contribution in [2.75, 3.05) is 20.8 Å². The molecular weight excluding hydrogens is 400 g/mol. The van der Waals surface area contributed by atoms with Crippen molar-refractivity contribution >= 4 is 5.97 Å². The number of ether oxygens (including phenoxy) is 2. The Morgan fingerprint density at radius 1 is 1.03 bits per heavy atom. The topological polar surface area (TPSA) is 177 Å². The molecule has 0 aliphatic heterocycles. The minimum Gasteiger partial charge on any atom is -0.504 e. The van der Waals surface area contributed by atoms with Gasteiger partial charge < -0.3 is 45.2 Å². The molecule has 2 aromatic rings. The van der Waals surface area contributed by atoms with Gasteiger partial charge in [-0.2, -0.15) is 0 Å². The summed E-state index contributed by atoms with van der Waals surface area (Å²) in [4.78, 5) is 12.2. The highest BCUT2D eigenvalue weighted by Gasteiger charge is 2.63. The van der Waals surface area contributed by atoms with Crippen LogP contribution in [0.2, 0.25) is 0 Å². The van der Waals surface area contributed by atoms with Crippen LogP contribution >= 0.6 is 0 Å². The molecule has 0 radical (unpaired) electrons. The summed E-state index contributed by atoms with van der Waals surface area (Å²) in [5.41, 5.74) is -5.14. The minimum absolute atomic E-state index is 0.0414. The third-order valence-electron chi connectivity index (χ3n) is 5.58. The molecule has 0 fully saturated rings. The number of carbonyl (C=O) groups is 1. The molecule has 3 rings (SSSR count). The summed E-state index contributed by atoms with van der Waals surface area (Å²) in [6.07, 6.45) is -0.462. The van der Waals surface area contributed by atoms with E-state index in [1.54, 1.807) is 0 Å². The molecule has 0 unspecified atom stereocenters. The first-order valence-corrected chi connectivity index (χ1v) is 8.82. The maximum Gasteiger partial charge on any atom is 0.339 e. The van der Waals surface area contributed by atoms with Crippen LogP contribution in [0.1, 0.15) is 22.6 Å². The highest BCUT2D eigenvalue weighted by Crippen LogP contribution is 2.52. The van der Waals surface area contributed by atoms with Gasteiger partial charge in [-0.3, -0.25) is 0 Å². The number of aliphatic hydroxyl groups excluding tert-OH is 1. The van der Waals surface area contributed by atoms with Crippen molar-refractivity contribution in [1.82, 2.24) is 0 Å². The van der Waals surface area contributed by atoms with Gasteiger partial charge in [-0.25, -0.2) is 4.79 Å². The number of aliphatic carboxylic acids is 1. The lowest BCUT2D eigenvalue weighted by atomic mass is 9.61. The lowest BCUT2D eigenvalue weighted by Crippen LogP contribution is -2.67. The van der Waals surface area contributed by atoms with Crippen LogP contribution in [-0.4, -0.2) is 73.7 Å². The Morgan fingerprint density at radius 2 is 1.67 bits per heavy atom. The van der Waals surface area contributed by atoms with E-state index in [9.17, 15) is 40.5 Å². The second-order valence-corrected chi connectivity index (χ2v) is 7.18. The highest BCUT2D eigenvalue weighted by atomic mass is 16.5. The molecule has 30 heavy (non-hydrogen) atoms. The van der Waals surface area contributed by atoms with E-state index in [4.69, 9.17) is 9.47 Å². The van der Waals surface area contributed by atoms with E-state index in [0.29, 0.717) is 5.56 Å². The van der Waals surface area contributed by atoms with Gasteiger partial charge >= 0.3 is 5.97 Å². The number of aromatic hydroxyl groups is 3. The lowest BCUT2D eigenvalue weighted by molar-refractivity contribution is -0.208. The zero-order valence-corrected chi connectivity index (χ0v) is 16.2. The highest BCUT2D eigenvalue weighted by molar-refractivity contribution is 5.83. The molecule has 0 amide bonds. The number of phenols is 3. The summed E-state index contributed by atoms with van der Waals surface area (Å²) in [6, 6.07) is 4.73. The Hall–Kier alpha value is -3.21. The largest absolute Gasteiger partial charge is 0.504 e. The number of carboxylic acid groups (broad SMARTS) is 1. The first-order valence-electron chi connectivity index (χ1n) is 8.82. The van der Waals surface area contributed by atoms with Crippen LogP contribution in [-0.2, 0) is 11.2 Å². The first-order chi connectivity index (χ1) is 14.0. The molecule has 1 aliphatic carbocycles. The van der Waals surface area contributed by atoms with Crippen molar-refractivity contribution in [3.63, 3.8) is 0 Å². The quantitative estimate of drug-likeness (QED) is 0.326. The fourth-order valence-corrected chi connectivity index (χ4v) is 4.01. The second kappa shape index (κ2) is 7.24. The maximum atomic E-state index is 12.2. The van der Waals surface area contributed by atoms with Crippen LogP contribution in [0.4, 0.5) is 0 Å². The van der Waals surface area contributed by atoms with Gasteiger partial charge in [0.25, 0.3) is 0 Å². The van der Waals surface area contributed by atoms with Crippen LogP contribution in [0.15, 0.2) is 24.3 Å². The predicted octanol–water partition coefficient (Wildman–Crippen LogP) is 0.0477. The summed E-state index contributed by atoms with van der Waals surface area (Å²) >= 11 is 0. The minimum atomic E-state index is -2.97. The molecule has 1 aliphatic rings. The molecule has 0 heterocycles. The lowest BCUT2D eigenvalue weighted by Gasteiger charge is -2.48. The molecule has 10 nitrogen and oxygen atoms in total. The molecule has 0 spiro atoms. The fourth-order valence-electron chi connectivity index (χ4n) is 4.01. The molecule has 0 bridgehead atoms. The number of methoxy groups -OCH3 is 2. The van der Waals surface area contributed by atoms with Crippen LogP contribution in [0, 0.1) is 0 Å². The molecule has 2 aromatic carbocycles.